The molecule has 6 heteroatoms. The third-order valence-electron chi connectivity index (χ3n) is 4.93. The number of carbonyl (C=O) groups is 1. The van der Waals surface area contributed by atoms with E-state index in [2.05, 4.69) is 14.8 Å². The molecule has 2 saturated heterocycles. The number of benzene rings is 1. The lowest BCUT2D eigenvalue weighted by Crippen LogP contribution is -2.49. The monoisotopic (exact) mass is 337 g/mol. The second-order valence-electron chi connectivity index (χ2n) is 6.55. The fraction of sp³-hybridized carbons (Fsp3) is 0.421. The van der Waals surface area contributed by atoms with Gasteiger partial charge in [0.1, 0.15) is 5.82 Å². The lowest BCUT2D eigenvalue weighted by molar-refractivity contribution is 0.0746. The number of aromatic nitrogens is 2. The Bertz CT molecular complexity index is 722. The normalized spacial score (nSPS) is 17.8. The fourth-order valence-corrected chi connectivity index (χ4v) is 3.49. The first kappa shape index (κ1) is 15.9. The van der Waals surface area contributed by atoms with Crippen LogP contribution in [-0.2, 0) is 0 Å². The molecule has 0 N–H and O–H groups in total. The van der Waals surface area contributed by atoms with Crippen molar-refractivity contribution in [3.8, 4) is 0 Å². The molecule has 2 aromatic rings. The zero-order valence-corrected chi connectivity index (χ0v) is 14.3. The van der Waals surface area contributed by atoms with Crippen molar-refractivity contribution in [1.82, 2.24) is 14.9 Å². The molecule has 0 bridgehead atoms. The van der Waals surface area contributed by atoms with Gasteiger partial charge in [-0.05, 0) is 31.0 Å². The number of piperazine rings is 1. The van der Waals surface area contributed by atoms with Crippen LogP contribution >= 0.6 is 0 Å². The molecule has 2 fully saturated rings. The molecular weight excluding hydrogens is 314 g/mol. The van der Waals surface area contributed by atoms with Crippen molar-refractivity contribution in [1.29, 1.82) is 0 Å². The van der Waals surface area contributed by atoms with E-state index in [4.69, 9.17) is 4.98 Å². The minimum absolute atomic E-state index is 0.112. The smallest absolute Gasteiger partial charge is 0.253 e. The molecule has 2 aliphatic heterocycles. The van der Waals surface area contributed by atoms with E-state index in [-0.39, 0.29) is 5.91 Å². The average molecular weight is 337 g/mol. The highest BCUT2D eigenvalue weighted by Crippen LogP contribution is 2.20. The number of nitrogens with zero attached hydrogens (tertiary/aromatic N) is 5. The van der Waals surface area contributed by atoms with Crippen molar-refractivity contribution in [3.63, 3.8) is 0 Å². The van der Waals surface area contributed by atoms with Crippen molar-refractivity contribution in [2.24, 2.45) is 0 Å². The summed E-state index contributed by atoms with van der Waals surface area (Å²) in [6.07, 6.45) is 4.28. The number of anilines is 2. The van der Waals surface area contributed by atoms with Gasteiger partial charge >= 0.3 is 0 Å². The van der Waals surface area contributed by atoms with Crippen LogP contribution in [0.4, 0.5) is 11.8 Å². The maximum atomic E-state index is 12.5. The van der Waals surface area contributed by atoms with Crippen LogP contribution in [0.5, 0.6) is 0 Å². The van der Waals surface area contributed by atoms with Gasteiger partial charge in [-0.1, -0.05) is 18.2 Å². The predicted octanol–water partition coefficient (Wildman–Crippen LogP) is 2.04. The van der Waals surface area contributed by atoms with Crippen LogP contribution in [0.25, 0.3) is 0 Å². The SMILES string of the molecule is O=C(c1ccccc1)N1CCN(c2ccnc(N3CCCC3)n2)CC1. The van der Waals surface area contributed by atoms with Crippen LogP contribution in [0, 0.1) is 0 Å². The van der Waals surface area contributed by atoms with Gasteiger partial charge in [0.2, 0.25) is 5.95 Å². The van der Waals surface area contributed by atoms with Gasteiger partial charge in [-0.25, -0.2) is 4.98 Å². The summed E-state index contributed by atoms with van der Waals surface area (Å²) in [5.41, 5.74) is 0.759. The van der Waals surface area contributed by atoms with Crippen LogP contribution in [-0.4, -0.2) is 60.0 Å². The van der Waals surface area contributed by atoms with Gasteiger partial charge in [-0.2, -0.15) is 4.98 Å². The molecule has 6 nitrogen and oxygen atoms in total. The van der Waals surface area contributed by atoms with Crippen molar-refractivity contribution in [3.05, 3.63) is 48.2 Å². The standard InChI is InChI=1S/C19H23N5O/c25-18(16-6-2-1-3-7-16)23-14-12-22(13-15-23)17-8-9-20-19(21-17)24-10-4-5-11-24/h1-3,6-9H,4-5,10-15H2. The summed E-state index contributed by atoms with van der Waals surface area (Å²) in [5.74, 6) is 1.90. The van der Waals surface area contributed by atoms with Gasteiger partial charge in [-0.15, -0.1) is 0 Å². The second kappa shape index (κ2) is 7.09. The predicted molar refractivity (Wildman–Crippen MR) is 98.0 cm³/mol. The Morgan fingerprint density at radius 2 is 1.56 bits per heavy atom. The molecule has 130 valence electrons. The Kier molecular flexibility index (Phi) is 4.50. The van der Waals surface area contributed by atoms with Gasteiger partial charge in [-0.3, -0.25) is 4.79 Å². The number of amides is 1. The first-order chi connectivity index (χ1) is 12.3. The minimum atomic E-state index is 0.112. The number of rotatable bonds is 3. The van der Waals surface area contributed by atoms with Crippen LogP contribution in [0.15, 0.2) is 42.6 Å². The molecule has 3 heterocycles. The Labute approximate surface area is 148 Å². The number of hydrogen-bond acceptors (Lipinski definition) is 5. The van der Waals surface area contributed by atoms with Gasteiger partial charge in [0.25, 0.3) is 5.91 Å². The van der Waals surface area contributed by atoms with Gasteiger partial charge in [0, 0.05) is 51.0 Å². The van der Waals surface area contributed by atoms with Gasteiger partial charge in [0.15, 0.2) is 0 Å². The van der Waals surface area contributed by atoms with Crippen molar-refractivity contribution in [2.75, 3.05) is 49.1 Å². The molecule has 0 aliphatic carbocycles. The molecule has 4 rings (SSSR count). The van der Waals surface area contributed by atoms with E-state index in [0.29, 0.717) is 0 Å². The third-order valence-corrected chi connectivity index (χ3v) is 4.93. The topological polar surface area (TPSA) is 52.6 Å². The molecule has 25 heavy (non-hydrogen) atoms. The highest BCUT2D eigenvalue weighted by atomic mass is 16.2. The summed E-state index contributed by atoms with van der Waals surface area (Å²) in [7, 11) is 0. The molecular formula is C19H23N5O. The molecule has 0 unspecified atom stereocenters. The molecule has 1 aromatic heterocycles. The van der Waals surface area contributed by atoms with E-state index < -0.39 is 0 Å². The lowest BCUT2D eigenvalue weighted by atomic mass is 10.2. The van der Waals surface area contributed by atoms with Gasteiger partial charge in [0.05, 0.1) is 0 Å². The van der Waals surface area contributed by atoms with E-state index in [1.165, 1.54) is 12.8 Å². The van der Waals surface area contributed by atoms with Crippen LogP contribution in [0.1, 0.15) is 23.2 Å². The first-order valence-corrected chi connectivity index (χ1v) is 8.98. The van der Waals surface area contributed by atoms with E-state index in [1.807, 2.05) is 47.5 Å². The first-order valence-electron chi connectivity index (χ1n) is 8.98. The molecule has 0 spiro atoms. The summed E-state index contributed by atoms with van der Waals surface area (Å²) in [6, 6.07) is 11.5. The zero-order chi connectivity index (χ0) is 17.1. The molecule has 2 aliphatic rings. The summed E-state index contributed by atoms with van der Waals surface area (Å²) in [5, 5.41) is 0. The minimum Gasteiger partial charge on any atom is -0.353 e. The van der Waals surface area contributed by atoms with E-state index in [1.54, 1.807) is 0 Å². The molecule has 0 atom stereocenters. The van der Waals surface area contributed by atoms with Crippen LogP contribution in [0.3, 0.4) is 0 Å². The Morgan fingerprint density at radius 1 is 0.840 bits per heavy atom. The lowest BCUT2D eigenvalue weighted by Gasteiger charge is -2.35. The van der Waals surface area contributed by atoms with E-state index >= 15 is 0 Å². The molecule has 1 aromatic carbocycles. The van der Waals surface area contributed by atoms with Crippen molar-refractivity contribution < 1.29 is 4.79 Å². The Balaban J connectivity index is 1.40. The second-order valence-corrected chi connectivity index (χ2v) is 6.55. The largest absolute Gasteiger partial charge is 0.353 e. The highest BCUT2D eigenvalue weighted by Gasteiger charge is 2.23. The third kappa shape index (κ3) is 3.43. The quantitative estimate of drug-likeness (QED) is 0.858. The fourth-order valence-electron chi connectivity index (χ4n) is 3.49. The zero-order valence-electron chi connectivity index (χ0n) is 14.3. The summed E-state index contributed by atoms with van der Waals surface area (Å²) >= 11 is 0. The van der Waals surface area contributed by atoms with E-state index in [0.717, 1.165) is 56.6 Å². The number of carbonyl (C=O) groups excluding carboxylic acids is 1. The Hall–Kier alpha value is -2.63. The average Bonchev–Trinajstić information content (AvgIpc) is 3.23. The number of hydrogen-bond donors (Lipinski definition) is 0. The van der Waals surface area contributed by atoms with Gasteiger partial charge < -0.3 is 14.7 Å². The van der Waals surface area contributed by atoms with Crippen molar-refractivity contribution >= 4 is 17.7 Å². The summed E-state index contributed by atoms with van der Waals surface area (Å²) in [4.78, 5) is 28.1. The maximum Gasteiger partial charge on any atom is 0.253 e. The van der Waals surface area contributed by atoms with Crippen LogP contribution in [0.2, 0.25) is 0 Å². The molecule has 0 radical (unpaired) electrons. The molecule has 1 amide bonds. The van der Waals surface area contributed by atoms with E-state index in [9.17, 15) is 4.79 Å². The Morgan fingerprint density at radius 3 is 2.28 bits per heavy atom. The summed E-state index contributed by atoms with van der Waals surface area (Å²) < 4.78 is 0. The molecule has 0 saturated carbocycles. The van der Waals surface area contributed by atoms with Crippen LogP contribution < -0.4 is 9.80 Å². The maximum absolute atomic E-state index is 12.5. The summed E-state index contributed by atoms with van der Waals surface area (Å²) in [6.45, 7) is 5.13. The highest BCUT2D eigenvalue weighted by molar-refractivity contribution is 5.94. The van der Waals surface area contributed by atoms with Crippen molar-refractivity contribution in [2.45, 2.75) is 12.8 Å².